The van der Waals surface area contributed by atoms with E-state index in [-0.39, 0.29) is 5.91 Å². The first-order valence-corrected chi connectivity index (χ1v) is 6.23. The molecule has 1 rings (SSSR count). The first kappa shape index (κ1) is 15.4. The zero-order chi connectivity index (χ0) is 14.8. The van der Waals surface area contributed by atoms with Gasteiger partial charge in [0, 0.05) is 20.3 Å². The van der Waals surface area contributed by atoms with Crippen LogP contribution in [0.15, 0.2) is 18.3 Å². The third-order valence-corrected chi connectivity index (χ3v) is 3.42. The van der Waals surface area contributed by atoms with E-state index in [0.717, 1.165) is 5.82 Å². The Labute approximate surface area is 114 Å². The zero-order valence-corrected chi connectivity index (χ0v) is 12.5. The van der Waals surface area contributed by atoms with Crippen LogP contribution in [0.4, 0.5) is 5.82 Å². The van der Waals surface area contributed by atoms with E-state index in [9.17, 15) is 9.90 Å². The van der Waals surface area contributed by atoms with E-state index in [1.165, 1.54) is 6.20 Å². The first-order chi connectivity index (χ1) is 8.54. The summed E-state index contributed by atoms with van der Waals surface area (Å²) in [6.07, 6.45) is 1.53. The van der Waals surface area contributed by atoms with E-state index < -0.39 is 11.1 Å². The Balaban J connectivity index is 2.85. The second-order valence-electron chi connectivity index (χ2n) is 5.94. The standard InChI is InChI=1S/C14H23N3O2/c1-13(2,14(3,4)19)16-12(18)10-7-8-11(15-9-10)17(5)6/h7-9,19H,1-6H3,(H,16,18). The normalized spacial score (nSPS) is 12.2. The lowest BCUT2D eigenvalue weighted by molar-refractivity contribution is -0.00293. The first-order valence-electron chi connectivity index (χ1n) is 6.23. The van der Waals surface area contributed by atoms with Crippen molar-refractivity contribution in [2.24, 2.45) is 0 Å². The van der Waals surface area contributed by atoms with Gasteiger partial charge in [0.05, 0.1) is 16.7 Å². The van der Waals surface area contributed by atoms with Crippen molar-refractivity contribution in [3.8, 4) is 0 Å². The SMILES string of the molecule is CN(C)c1ccc(C(=O)NC(C)(C)C(C)(C)O)cn1. The molecule has 0 radical (unpaired) electrons. The van der Waals surface area contributed by atoms with Gasteiger partial charge >= 0.3 is 0 Å². The van der Waals surface area contributed by atoms with E-state index in [0.29, 0.717) is 5.56 Å². The zero-order valence-electron chi connectivity index (χ0n) is 12.5. The van der Waals surface area contributed by atoms with Crippen LogP contribution in [-0.2, 0) is 0 Å². The van der Waals surface area contributed by atoms with Gasteiger partial charge in [-0.2, -0.15) is 0 Å². The molecule has 0 saturated carbocycles. The van der Waals surface area contributed by atoms with Crippen LogP contribution in [0.25, 0.3) is 0 Å². The van der Waals surface area contributed by atoms with Crippen molar-refractivity contribution in [3.63, 3.8) is 0 Å². The van der Waals surface area contributed by atoms with Crippen LogP contribution in [0.2, 0.25) is 0 Å². The van der Waals surface area contributed by atoms with Gasteiger partial charge in [0.25, 0.3) is 5.91 Å². The second kappa shape index (κ2) is 5.17. The number of hydrogen-bond donors (Lipinski definition) is 2. The molecule has 0 saturated heterocycles. The van der Waals surface area contributed by atoms with Gasteiger partial charge in [-0.05, 0) is 39.8 Å². The third-order valence-electron chi connectivity index (χ3n) is 3.42. The quantitative estimate of drug-likeness (QED) is 0.864. The smallest absolute Gasteiger partial charge is 0.253 e. The molecule has 0 bridgehead atoms. The van der Waals surface area contributed by atoms with Crippen molar-refractivity contribution in [2.75, 3.05) is 19.0 Å². The Morgan fingerprint density at radius 3 is 2.21 bits per heavy atom. The molecule has 0 unspecified atom stereocenters. The summed E-state index contributed by atoms with van der Waals surface area (Å²) in [5, 5.41) is 12.8. The molecule has 0 aliphatic carbocycles. The molecule has 0 fully saturated rings. The number of carbonyl (C=O) groups is 1. The summed E-state index contributed by atoms with van der Waals surface area (Å²) < 4.78 is 0. The lowest BCUT2D eigenvalue weighted by Crippen LogP contribution is -2.57. The third kappa shape index (κ3) is 3.67. The summed E-state index contributed by atoms with van der Waals surface area (Å²) in [7, 11) is 3.78. The number of pyridine rings is 1. The minimum Gasteiger partial charge on any atom is -0.388 e. The van der Waals surface area contributed by atoms with Crippen LogP contribution >= 0.6 is 0 Å². The number of amides is 1. The molecule has 5 nitrogen and oxygen atoms in total. The van der Waals surface area contributed by atoms with Gasteiger partial charge in [0.2, 0.25) is 0 Å². The number of rotatable bonds is 4. The van der Waals surface area contributed by atoms with E-state index in [1.807, 2.05) is 19.0 Å². The van der Waals surface area contributed by atoms with Crippen molar-refractivity contribution in [3.05, 3.63) is 23.9 Å². The Kier molecular flexibility index (Phi) is 4.20. The second-order valence-corrected chi connectivity index (χ2v) is 5.94. The molecule has 1 aromatic rings. The summed E-state index contributed by atoms with van der Waals surface area (Å²) in [5.74, 6) is 0.545. The van der Waals surface area contributed by atoms with Gasteiger partial charge in [-0.3, -0.25) is 4.79 Å². The van der Waals surface area contributed by atoms with Crippen LogP contribution in [0, 0.1) is 0 Å². The molecule has 106 valence electrons. The molecule has 0 aliphatic rings. The number of anilines is 1. The summed E-state index contributed by atoms with van der Waals surface area (Å²) in [4.78, 5) is 18.2. The van der Waals surface area contributed by atoms with Crippen LogP contribution in [-0.4, -0.2) is 41.2 Å². The van der Waals surface area contributed by atoms with Crippen molar-refractivity contribution in [1.82, 2.24) is 10.3 Å². The van der Waals surface area contributed by atoms with Gasteiger partial charge < -0.3 is 15.3 Å². The van der Waals surface area contributed by atoms with E-state index in [4.69, 9.17) is 0 Å². The van der Waals surface area contributed by atoms with Crippen LogP contribution in [0.5, 0.6) is 0 Å². The van der Waals surface area contributed by atoms with E-state index >= 15 is 0 Å². The molecule has 0 aromatic carbocycles. The van der Waals surface area contributed by atoms with Crippen molar-refractivity contribution >= 4 is 11.7 Å². The number of carbonyl (C=O) groups excluding carboxylic acids is 1. The number of nitrogens with zero attached hydrogens (tertiary/aromatic N) is 2. The highest BCUT2D eigenvalue weighted by atomic mass is 16.3. The Bertz CT molecular complexity index is 445. The van der Waals surface area contributed by atoms with Gasteiger partial charge in [-0.15, -0.1) is 0 Å². The van der Waals surface area contributed by atoms with Crippen molar-refractivity contribution in [2.45, 2.75) is 38.8 Å². The Morgan fingerprint density at radius 2 is 1.84 bits per heavy atom. The largest absolute Gasteiger partial charge is 0.388 e. The molecule has 0 aliphatic heterocycles. The Hall–Kier alpha value is -1.62. The Morgan fingerprint density at radius 1 is 1.26 bits per heavy atom. The highest BCUT2D eigenvalue weighted by Crippen LogP contribution is 2.21. The van der Waals surface area contributed by atoms with Crippen LogP contribution in [0.3, 0.4) is 0 Å². The highest BCUT2D eigenvalue weighted by molar-refractivity contribution is 5.94. The topological polar surface area (TPSA) is 65.5 Å². The lowest BCUT2D eigenvalue weighted by Gasteiger charge is -2.37. The minimum absolute atomic E-state index is 0.245. The fraction of sp³-hybridized carbons (Fsp3) is 0.571. The van der Waals surface area contributed by atoms with Gasteiger partial charge in [0.1, 0.15) is 5.82 Å². The maximum Gasteiger partial charge on any atom is 0.253 e. The van der Waals surface area contributed by atoms with Crippen molar-refractivity contribution < 1.29 is 9.90 Å². The summed E-state index contributed by atoms with van der Waals surface area (Å²) in [6, 6.07) is 3.50. The molecule has 1 amide bonds. The molecular weight excluding hydrogens is 242 g/mol. The molecule has 0 atom stereocenters. The van der Waals surface area contributed by atoms with E-state index in [2.05, 4.69) is 10.3 Å². The average Bonchev–Trinajstić information content (AvgIpc) is 2.27. The average molecular weight is 265 g/mol. The maximum atomic E-state index is 12.1. The number of nitrogens with one attached hydrogen (secondary N) is 1. The molecule has 1 heterocycles. The fourth-order valence-electron chi connectivity index (χ4n) is 1.29. The molecule has 19 heavy (non-hydrogen) atoms. The van der Waals surface area contributed by atoms with Gasteiger partial charge in [-0.1, -0.05) is 0 Å². The van der Waals surface area contributed by atoms with Gasteiger partial charge in [0.15, 0.2) is 0 Å². The summed E-state index contributed by atoms with van der Waals surface area (Å²) in [6.45, 7) is 6.90. The minimum atomic E-state index is -1.01. The number of aromatic nitrogens is 1. The highest BCUT2D eigenvalue weighted by Gasteiger charge is 2.36. The molecule has 1 aromatic heterocycles. The van der Waals surface area contributed by atoms with E-state index in [1.54, 1.807) is 39.8 Å². The van der Waals surface area contributed by atoms with Crippen LogP contribution in [0.1, 0.15) is 38.1 Å². The molecule has 5 heteroatoms. The maximum absolute atomic E-state index is 12.1. The lowest BCUT2D eigenvalue weighted by atomic mass is 9.86. The fourth-order valence-corrected chi connectivity index (χ4v) is 1.29. The molecule has 0 spiro atoms. The monoisotopic (exact) mass is 265 g/mol. The van der Waals surface area contributed by atoms with Gasteiger partial charge in [-0.25, -0.2) is 4.98 Å². The summed E-state index contributed by atoms with van der Waals surface area (Å²) in [5.41, 5.74) is -1.27. The van der Waals surface area contributed by atoms with Crippen molar-refractivity contribution in [1.29, 1.82) is 0 Å². The predicted octanol–water partition coefficient (Wildman–Crippen LogP) is 1.43. The summed E-state index contributed by atoms with van der Waals surface area (Å²) >= 11 is 0. The molecular formula is C14H23N3O2. The number of hydrogen-bond acceptors (Lipinski definition) is 4. The molecule has 2 N–H and O–H groups in total. The number of aliphatic hydroxyl groups is 1. The predicted molar refractivity (Wildman–Crippen MR) is 76.4 cm³/mol. The van der Waals surface area contributed by atoms with Crippen LogP contribution < -0.4 is 10.2 Å².